The third-order valence-electron chi connectivity index (χ3n) is 3.22. The summed E-state index contributed by atoms with van der Waals surface area (Å²) in [5, 5.41) is 9.33. The van der Waals surface area contributed by atoms with Gasteiger partial charge in [-0.1, -0.05) is 0 Å². The van der Waals surface area contributed by atoms with E-state index in [-0.39, 0.29) is 34.4 Å². The molecule has 20 heavy (non-hydrogen) atoms. The normalized spacial score (nSPS) is 23.6. The van der Waals surface area contributed by atoms with E-state index >= 15 is 0 Å². The number of anilines is 1. The van der Waals surface area contributed by atoms with Gasteiger partial charge in [-0.25, -0.2) is 16.8 Å². The summed E-state index contributed by atoms with van der Waals surface area (Å²) in [6.07, 6.45) is 0. The maximum Gasteiger partial charge on any atom is 0.243 e. The van der Waals surface area contributed by atoms with E-state index in [1.807, 2.05) is 0 Å². The highest BCUT2D eigenvalue weighted by molar-refractivity contribution is 7.92. The SMILES string of the molecule is CC1CS(=O)(=O)CCN1S(=O)(=O)c1ccc(O)c(N)c1. The third kappa shape index (κ3) is 2.74. The van der Waals surface area contributed by atoms with Crippen molar-refractivity contribution in [2.75, 3.05) is 23.8 Å². The van der Waals surface area contributed by atoms with Crippen LogP contribution in [0, 0.1) is 0 Å². The lowest BCUT2D eigenvalue weighted by atomic mass is 10.3. The fourth-order valence-corrected chi connectivity index (χ4v) is 5.60. The Hall–Kier alpha value is -1.32. The zero-order valence-corrected chi connectivity index (χ0v) is 12.5. The van der Waals surface area contributed by atoms with Gasteiger partial charge in [0.05, 0.1) is 22.1 Å². The Labute approximate surface area is 118 Å². The van der Waals surface area contributed by atoms with Crippen LogP contribution in [-0.2, 0) is 19.9 Å². The van der Waals surface area contributed by atoms with Crippen molar-refractivity contribution in [1.82, 2.24) is 4.31 Å². The molecule has 1 aliphatic heterocycles. The maximum atomic E-state index is 12.5. The lowest BCUT2D eigenvalue weighted by molar-refractivity contribution is 0.357. The van der Waals surface area contributed by atoms with Crippen LogP contribution in [0.4, 0.5) is 5.69 Å². The van der Waals surface area contributed by atoms with Crippen LogP contribution in [0.15, 0.2) is 23.1 Å². The quantitative estimate of drug-likeness (QED) is 0.574. The average Bonchev–Trinajstić information content (AvgIpc) is 2.30. The minimum absolute atomic E-state index is 0.0386. The molecular weight excluding hydrogens is 304 g/mol. The molecule has 0 saturated carbocycles. The number of hydrogen-bond acceptors (Lipinski definition) is 6. The molecule has 0 amide bonds. The molecule has 1 fully saturated rings. The minimum Gasteiger partial charge on any atom is -0.506 e. The Kier molecular flexibility index (Phi) is 3.69. The van der Waals surface area contributed by atoms with Crippen LogP contribution >= 0.6 is 0 Å². The predicted molar refractivity (Wildman–Crippen MR) is 74.5 cm³/mol. The number of sulfonamides is 1. The molecule has 1 aromatic rings. The van der Waals surface area contributed by atoms with Gasteiger partial charge in [-0.15, -0.1) is 0 Å². The second-order valence-corrected chi connectivity index (χ2v) is 8.92. The second-order valence-electron chi connectivity index (χ2n) is 4.80. The van der Waals surface area contributed by atoms with Crippen molar-refractivity contribution >= 4 is 25.5 Å². The van der Waals surface area contributed by atoms with E-state index in [9.17, 15) is 21.9 Å². The number of nitrogens with two attached hydrogens (primary N) is 1. The first-order valence-corrected chi connectivity index (χ1v) is 9.20. The zero-order valence-electron chi connectivity index (χ0n) is 10.9. The summed E-state index contributed by atoms with van der Waals surface area (Å²) in [6.45, 7) is 1.48. The number of nitrogens with zero attached hydrogens (tertiary/aromatic N) is 1. The molecule has 3 N–H and O–H groups in total. The van der Waals surface area contributed by atoms with Gasteiger partial charge in [0.1, 0.15) is 5.75 Å². The van der Waals surface area contributed by atoms with Gasteiger partial charge in [-0.2, -0.15) is 4.31 Å². The third-order valence-corrected chi connectivity index (χ3v) is 7.02. The Morgan fingerprint density at radius 3 is 2.60 bits per heavy atom. The largest absolute Gasteiger partial charge is 0.506 e. The van der Waals surface area contributed by atoms with E-state index < -0.39 is 25.9 Å². The van der Waals surface area contributed by atoms with Gasteiger partial charge in [0.25, 0.3) is 0 Å². The summed E-state index contributed by atoms with van der Waals surface area (Å²) in [6, 6.07) is 2.99. The summed E-state index contributed by atoms with van der Waals surface area (Å²) in [5.41, 5.74) is 5.46. The maximum absolute atomic E-state index is 12.5. The van der Waals surface area contributed by atoms with Gasteiger partial charge in [0.15, 0.2) is 9.84 Å². The molecule has 9 heteroatoms. The van der Waals surface area contributed by atoms with E-state index in [0.29, 0.717) is 0 Å². The monoisotopic (exact) mass is 320 g/mol. The first kappa shape index (κ1) is 15.1. The molecule has 0 bridgehead atoms. The molecule has 0 radical (unpaired) electrons. The number of phenols is 1. The number of phenolic OH excluding ortho intramolecular Hbond substituents is 1. The molecule has 1 aliphatic rings. The molecule has 0 aliphatic carbocycles. The Morgan fingerprint density at radius 2 is 2.05 bits per heavy atom. The van der Waals surface area contributed by atoms with Gasteiger partial charge in [0, 0.05) is 12.6 Å². The first-order valence-electron chi connectivity index (χ1n) is 5.94. The van der Waals surface area contributed by atoms with Crippen molar-refractivity contribution in [2.24, 2.45) is 0 Å². The molecule has 0 spiro atoms. The van der Waals surface area contributed by atoms with Crippen molar-refractivity contribution < 1.29 is 21.9 Å². The van der Waals surface area contributed by atoms with Crippen molar-refractivity contribution in [3.8, 4) is 5.75 Å². The van der Waals surface area contributed by atoms with Gasteiger partial charge in [-0.3, -0.25) is 0 Å². The molecule has 0 aromatic heterocycles. The molecule has 1 unspecified atom stereocenters. The van der Waals surface area contributed by atoms with Crippen molar-refractivity contribution in [3.05, 3.63) is 18.2 Å². The second kappa shape index (κ2) is 4.90. The molecule has 1 saturated heterocycles. The van der Waals surface area contributed by atoms with Crippen LogP contribution in [0.5, 0.6) is 5.75 Å². The summed E-state index contributed by atoms with van der Waals surface area (Å²) in [4.78, 5) is -0.0565. The van der Waals surface area contributed by atoms with Gasteiger partial charge >= 0.3 is 0 Å². The van der Waals surface area contributed by atoms with E-state index in [0.717, 1.165) is 4.31 Å². The fraction of sp³-hybridized carbons (Fsp3) is 0.455. The van der Waals surface area contributed by atoms with Crippen molar-refractivity contribution in [2.45, 2.75) is 17.9 Å². The van der Waals surface area contributed by atoms with Crippen LogP contribution in [0.3, 0.4) is 0 Å². The predicted octanol–water partition coefficient (Wildman–Crippen LogP) is -0.218. The Morgan fingerprint density at radius 1 is 1.40 bits per heavy atom. The summed E-state index contributed by atoms with van der Waals surface area (Å²) in [5.74, 6) is -0.581. The van der Waals surface area contributed by atoms with Crippen LogP contribution in [-0.4, -0.2) is 50.3 Å². The first-order chi connectivity index (χ1) is 9.13. The Bertz CT molecular complexity index is 727. The highest BCUT2D eigenvalue weighted by Gasteiger charge is 2.36. The lowest BCUT2D eigenvalue weighted by Crippen LogP contribution is -2.49. The molecule has 7 nitrogen and oxygen atoms in total. The smallest absolute Gasteiger partial charge is 0.243 e. The van der Waals surface area contributed by atoms with Gasteiger partial charge < -0.3 is 10.8 Å². The lowest BCUT2D eigenvalue weighted by Gasteiger charge is -2.32. The van der Waals surface area contributed by atoms with E-state index in [2.05, 4.69) is 0 Å². The molecule has 2 rings (SSSR count). The van der Waals surface area contributed by atoms with Gasteiger partial charge in [0.2, 0.25) is 10.0 Å². The van der Waals surface area contributed by atoms with E-state index in [1.54, 1.807) is 6.92 Å². The van der Waals surface area contributed by atoms with Gasteiger partial charge in [-0.05, 0) is 25.1 Å². The number of benzene rings is 1. The minimum atomic E-state index is -3.82. The number of aromatic hydroxyl groups is 1. The Balaban J connectivity index is 2.38. The molecular formula is C11H16N2O5S2. The summed E-state index contributed by atoms with van der Waals surface area (Å²) >= 11 is 0. The summed E-state index contributed by atoms with van der Waals surface area (Å²) < 4.78 is 49.1. The molecule has 1 aromatic carbocycles. The number of hydrogen-bond donors (Lipinski definition) is 2. The number of nitrogen functional groups attached to an aromatic ring is 1. The van der Waals surface area contributed by atoms with Crippen LogP contribution < -0.4 is 5.73 Å². The van der Waals surface area contributed by atoms with E-state index in [1.165, 1.54) is 18.2 Å². The van der Waals surface area contributed by atoms with Crippen LogP contribution in [0.1, 0.15) is 6.92 Å². The summed E-state index contributed by atoms with van der Waals surface area (Å²) in [7, 11) is -7.02. The fourth-order valence-electron chi connectivity index (χ4n) is 2.17. The highest BCUT2D eigenvalue weighted by atomic mass is 32.2. The molecule has 112 valence electrons. The standard InChI is InChI=1S/C11H16N2O5S2/c1-8-7-19(15,16)5-4-13(8)20(17,18)9-2-3-11(14)10(12)6-9/h2-3,6,8,14H,4-5,7,12H2,1H3. The topological polar surface area (TPSA) is 118 Å². The van der Waals surface area contributed by atoms with Crippen molar-refractivity contribution in [1.29, 1.82) is 0 Å². The molecule has 1 heterocycles. The number of sulfone groups is 1. The van der Waals surface area contributed by atoms with Crippen LogP contribution in [0.25, 0.3) is 0 Å². The molecule has 1 atom stereocenters. The van der Waals surface area contributed by atoms with Crippen molar-refractivity contribution in [3.63, 3.8) is 0 Å². The highest BCUT2D eigenvalue weighted by Crippen LogP contribution is 2.27. The average molecular weight is 320 g/mol. The van der Waals surface area contributed by atoms with Crippen LogP contribution in [0.2, 0.25) is 0 Å². The number of rotatable bonds is 2. The zero-order chi connectivity index (χ0) is 15.1. The van der Waals surface area contributed by atoms with E-state index in [4.69, 9.17) is 5.73 Å².